The molecule has 0 aromatic heterocycles. The molecule has 0 heterocycles. The molecule has 0 aliphatic heterocycles. The van der Waals surface area contributed by atoms with E-state index in [9.17, 15) is 4.79 Å². The van der Waals surface area contributed by atoms with E-state index in [1.54, 1.807) is 13.2 Å². The average Bonchev–Trinajstić information content (AvgIpc) is 2.96. The van der Waals surface area contributed by atoms with Crippen LogP contribution in [-0.2, 0) is 25.3 Å². The highest BCUT2D eigenvalue weighted by Crippen LogP contribution is 2.37. The van der Waals surface area contributed by atoms with Crippen LogP contribution >= 0.6 is 0 Å². The van der Waals surface area contributed by atoms with Crippen molar-refractivity contribution in [2.24, 2.45) is 11.8 Å². The average molecular weight is 547 g/mol. The standard InChI is InChI=1S/C33H42O5Si/c1-7-26(2)32(34)28(23-37-25-36-22-27-18-20-29(35-6)21-19-27)24-38-39(33(3,4)5,30-14-10-8-11-15-30)31-16-12-9-13-17-31/h7-21,26,28H,1,22-25H2,2-6H3/t26-,28+/m1/s1. The smallest absolute Gasteiger partial charge is 0.261 e. The van der Waals surface area contributed by atoms with E-state index >= 15 is 0 Å². The van der Waals surface area contributed by atoms with Gasteiger partial charge in [-0.1, -0.05) is 107 Å². The lowest BCUT2D eigenvalue weighted by molar-refractivity contribution is -0.132. The minimum Gasteiger partial charge on any atom is -0.497 e. The number of hydrogen-bond donors (Lipinski definition) is 0. The highest BCUT2D eigenvalue weighted by atomic mass is 28.4. The van der Waals surface area contributed by atoms with Crippen LogP contribution < -0.4 is 15.1 Å². The zero-order valence-corrected chi connectivity index (χ0v) is 24.9. The number of allylic oxidation sites excluding steroid dienone is 1. The van der Waals surface area contributed by atoms with E-state index in [4.69, 9.17) is 18.6 Å². The van der Waals surface area contributed by atoms with Gasteiger partial charge in [-0.3, -0.25) is 4.79 Å². The van der Waals surface area contributed by atoms with Crippen LogP contribution in [0.15, 0.2) is 97.6 Å². The van der Waals surface area contributed by atoms with E-state index in [0.29, 0.717) is 6.61 Å². The first-order chi connectivity index (χ1) is 18.7. The molecule has 208 valence electrons. The number of ether oxygens (including phenoxy) is 3. The quantitative estimate of drug-likeness (QED) is 0.105. The maximum atomic E-state index is 13.4. The van der Waals surface area contributed by atoms with Gasteiger partial charge >= 0.3 is 0 Å². The van der Waals surface area contributed by atoms with Crippen molar-refractivity contribution in [2.75, 3.05) is 27.1 Å². The van der Waals surface area contributed by atoms with Crippen LogP contribution in [0.4, 0.5) is 0 Å². The zero-order chi connectivity index (χ0) is 28.3. The fourth-order valence-electron chi connectivity index (χ4n) is 4.82. The first-order valence-corrected chi connectivity index (χ1v) is 15.3. The lowest BCUT2D eigenvalue weighted by Crippen LogP contribution is -2.67. The number of Topliss-reactive ketones (excluding diaryl/α,β-unsaturated/α-hetero) is 1. The van der Waals surface area contributed by atoms with Gasteiger partial charge in [0.25, 0.3) is 8.32 Å². The van der Waals surface area contributed by atoms with E-state index < -0.39 is 14.2 Å². The Hall–Kier alpha value is -3.03. The zero-order valence-electron chi connectivity index (χ0n) is 23.9. The van der Waals surface area contributed by atoms with Gasteiger partial charge in [0, 0.05) is 12.5 Å². The number of hydrogen-bond acceptors (Lipinski definition) is 5. The van der Waals surface area contributed by atoms with Crippen molar-refractivity contribution in [3.8, 4) is 5.75 Å². The molecule has 3 aromatic rings. The predicted octanol–water partition coefficient (Wildman–Crippen LogP) is 5.77. The number of carbonyl (C=O) groups excluding carboxylic acids is 1. The van der Waals surface area contributed by atoms with E-state index in [0.717, 1.165) is 11.3 Å². The summed E-state index contributed by atoms with van der Waals surface area (Å²) in [5.41, 5.74) is 1.02. The Bertz CT molecular complexity index is 1120. The van der Waals surface area contributed by atoms with Crippen molar-refractivity contribution >= 4 is 24.5 Å². The summed E-state index contributed by atoms with van der Waals surface area (Å²) in [7, 11) is -1.14. The molecule has 0 spiro atoms. The van der Waals surface area contributed by atoms with Crippen LogP contribution in [0.3, 0.4) is 0 Å². The normalized spacial score (nSPS) is 13.5. The van der Waals surface area contributed by atoms with Gasteiger partial charge in [-0.05, 0) is 33.1 Å². The molecule has 3 rings (SSSR count). The number of rotatable bonds is 15. The Balaban J connectivity index is 1.77. The van der Waals surface area contributed by atoms with Crippen LogP contribution in [-0.4, -0.2) is 41.2 Å². The Morgan fingerprint density at radius 2 is 1.44 bits per heavy atom. The number of ketones is 1. The number of carbonyl (C=O) groups is 1. The summed E-state index contributed by atoms with van der Waals surface area (Å²) in [5, 5.41) is 2.17. The van der Waals surface area contributed by atoms with Gasteiger partial charge < -0.3 is 18.6 Å². The van der Waals surface area contributed by atoms with Crippen molar-refractivity contribution < 1.29 is 23.4 Å². The Kier molecular flexibility index (Phi) is 11.2. The fourth-order valence-corrected chi connectivity index (χ4v) is 9.42. The molecule has 0 amide bonds. The predicted molar refractivity (Wildman–Crippen MR) is 160 cm³/mol. The summed E-state index contributed by atoms with van der Waals surface area (Å²) in [6, 6.07) is 28.6. The summed E-state index contributed by atoms with van der Waals surface area (Å²) in [6.07, 6.45) is 1.68. The molecule has 3 aromatic carbocycles. The Morgan fingerprint density at radius 3 is 1.92 bits per heavy atom. The second-order valence-corrected chi connectivity index (χ2v) is 15.1. The summed E-state index contributed by atoms with van der Waals surface area (Å²) < 4.78 is 23.8. The van der Waals surface area contributed by atoms with Crippen LogP contribution in [0.5, 0.6) is 5.75 Å². The van der Waals surface area contributed by atoms with Crippen molar-refractivity contribution in [2.45, 2.75) is 39.3 Å². The number of methoxy groups -OCH3 is 1. The minimum absolute atomic E-state index is 0.0538. The van der Waals surface area contributed by atoms with Crippen molar-refractivity contribution in [1.29, 1.82) is 0 Å². The van der Waals surface area contributed by atoms with E-state index in [1.165, 1.54) is 10.4 Å². The third-order valence-electron chi connectivity index (χ3n) is 7.04. The van der Waals surface area contributed by atoms with Gasteiger partial charge in [0.15, 0.2) is 0 Å². The second-order valence-electron chi connectivity index (χ2n) is 10.8. The molecule has 0 radical (unpaired) electrons. The number of benzene rings is 3. The molecule has 0 N–H and O–H groups in total. The van der Waals surface area contributed by atoms with Gasteiger partial charge in [0.05, 0.1) is 26.2 Å². The van der Waals surface area contributed by atoms with Crippen molar-refractivity contribution in [3.05, 3.63) is 103 Å². The molecule has 2 atom stereocenters. The summed E-state index contributed by atoms with van der Waals surface area (Å²) in [4.78, 5) is 13.4. The first-order valence-electron chi connectivity index (χ1n) is 13.4. The van der Waals surface area contributed by atoms with Crippen LogP contribution in [0.1, 0.15) is 33.3 Å². The van der Waals surface area contributed by atoms with E-state index in [-0.39, 0.29) is 36.7 Å². The molecular formula is C33H42O5Si. The highest BCUT2D eigenvalue weighted by Gasteiger charge is 2.50. The van der Waals surface area contributed by atoms with Gasteiger partial charge in [0.1, 0.15) is 18.3 Å². The van der Waals surface area contributed by atoms with Crippen LogP contribution in [0, 0.1) is 11.8 Å². The molecule has 0 aliphatic carbocycles. The fraction of sp³-hybridized carbons (Fsp3) is 0.364. The van der Waals surface area contributed by atoms with Gasteiger partial charge in [0.2, 0.25) is 0 Å². The maximum Gasteiger partial charge on any atom is 0.261 e. The first kappa shape index (κ1) is 30.5. The molecule has 0 saturated carbocycles. The monoisotopic (exact) mass is 546 g/mol. The molecule has 0 saturated heterocycles. The molecular weight excluding hydrogens is 504 g/mol. The summed E-state index contributed by atoms with van der Waals surface area (Å²) in [5.74, 6) is 0.0949. The van der Waals surface area contributed by atoms with Crippen molar-refractivity contribution in [3.63, 3.8) is 0 Å². The molecule has 0 fully saturated rings. The summed E-state index contributed by atoms with van der Waals surface area (Å²) in [6.45, 7) is 13.3. The Labute approximate surface area is 234 Å². The lowest BCUT2D eigenvalue weighted by Gasteiger charge is -2.43. The van der Waals surface area contributed by atoms with Gasteiger partial charge in [-0.15, -0.1) is 6.58 Å². The maximum absolute atomic E-state index is 13.4. The minimum atomic E-state index is -2.78. The third kappa shape index (κ3) is 7.76. The molecule has 39 heavy (non-hydrogen) atoms. The van der Waals surface area contributed by atoms with Gasteiger partial charge in [-0.2, -0.15) is 0 Å². The van der Waals surface area contributed by atoms with E-state index in [1.807, 2.05) is 43.3 Å². The second kappa shape index (κ2) is 14.4. The molecule has 0 unspecified atom stereocenters. The SMILES string of the molecule is C=C[C@@H](C)C(=O)[C@@H](COCOCc1ccc(OC)cc1)CO[Si](c1ccccc1)(c1ccccc1)C(C)(C)C. The largest absolute Gasteiger partial charge is 0.497 e. The van der Waals surface area contributed by atoms with Gasteiger partial charge in [-0.25, -0.2) is 0 Å². The summed E-state index contributed by atoms with van der Waals surface area (Å²) >= 11 is 0. The molecule has 5 nitrogen and oxygen atoms in total. The molecule has 0 bridgehead atoms. The van der Waals surface area contributed by atoms with Crippen molar-refractivity contribution in [1.82, 2.24) is 0 Å². The topological polar surface area (TPSA) is 54.0 Å². The third-order valence-corrected chi connectivity index (χ3v) is 12.0. The van der Waals surface area contributed by atoms with Crippen LogP contribution in [0.25, 0.3) is 0 Å². The van der Waals surface area contributed by atoms with Crippen LogP contribution in [0.2, 0.25) is 5.04 Å². The highest BCUT2D eigenvalue weighted by molar-refractivity contribution is 6.99. The van der Waals surface area contributed by atoms with E-state index in [2.05, 4.69) is 75.9 Å². The molecule has 0 aliphatic rings. The lowest BCUT2D eigenvalue weighted by atomic mass is 9.95. The Morgan fingerprint density at radius 1 is 0.872 bits per heavy atom. The molecule has 6 heteroatoms.